The maximum atomic E-state index is 6.29. The number of hydrogen-bond donors (Lipinski definition) is 1. The van der Waals surface area contributed by atoms with Crippen molar-refractivity contribution in [3.8, 4) is 0 Å². The molecule has 1 aliphatic rings. The molecule has 0 bridgehead atoms. The third-order valence-corrected chi connectivity index (χ3v) is 4.63. The van der Waals surface area contributed by atoms with Gasteiger partial charge in [0.1, 0.15) is 5.82 Å². The molecule has 0 amide bonds. The lowest BCUT2D eigenvalue weighted by Gasteiger charge is -2.33. The van der Waals surface area contributed by atoms with Crippen LogP contribution in [0.4, 0.5) is 5.82 Å². The minimum absolute atomic E-state index is 0.673. The van der Waals surface area contributed by atoms with Crippen LogP contribution in [0.1, 0.15) is 45.2 Å². The van der Waals surface area contributed by atoms with Crippen molar-refractivity contribution in [3.05, 3.63) is 22.8 Å². The lowest BCUT2D eigenvalue weighted by molar-refractivity contribution is 0.162. The van der Waals surface area contributed by atoms with Crippen LogP contribution in [0.5, 0.6) is 0 Å². The number of pyridine rings is 1. The van der Waals surface area contributed by atoms with Gasteiger partial charge in [-0.3, -0.25) is 4.90 Å². The molecule has 1 saturated carbocycles. The van der Waals surface area contributed by atoms with Gasteiger partial charge < -0.3 is 5.32 Å². The summed E-state index contributed by atoms with van der Waals surface area (Å²) < 4.78 is 0. The van der Waals surface area contributed by atoms with Crippen LogP contribution >= 0.6 is 11.6 Å². The predicted octanol–water partition coefficient (Wildman–Crippen LogP) is 4.18. The fourth-order valence-corrected chi connectivity index (χ4v) is 3.09. The molecule has 0 atom stereocenters. The van der Waals surface area contributed by atoms with E-state index in [1.807, 2.05) is 12.1 Å². The Bertz CT molecular complexity index is 428. The molecule has 2 rings (SSSR count). The van der Waals surface area contributed by atoms with E-state index in [1.54, 1.807) is 0 Å². The molecule has 0 spiro atoms. The van der Waals surface area contributed by atoms with Gasteiger partial charge in [0, 0.05) is 19.1 Å². The Morgan fingerprint density at radius 3 is 2.65 bits per heavy atom. The monoisotopic (exact) mass is 295 g/mol. The van der Waals surface area contributed by atoms with Gasteiger partial charge in [0.25, 0.3) is 0 Å². The SMILES string of the molecule is CCNc1ccc(Cl)c(CN(C)C2CCC(C)CC2)n1. The lowest BCUT2D eigenvalue weighted by atomic mass is 9.87. The molecule has 0 aromatic carbocycles. The Labute approximate surface area is 127 Å². The second kappa shape index (κ2) is 7.28. The molecule has 1 aromatic rings. The van der Waals surface area contributed by atoms with Gasteiger partial charge in [0.05, 0.1) is 10.7 Å². The number of rotatable bonds is 5. The average Bonchev–Trinajstić information content (AvgIpc) is 2.43. The molecular formula is C16H26ClN3. The summed E-state index contributed by atoms with van der Waals surface area (Å²) >= 11 is 6.29. The van der Waals surface area contributed by atoms with Crippen molar-refractivity contribution in [1.29, 1.82) is 0 Å². The quantitative estimate of drug-likeness (QED) is 0.883. The van der Waals surface area contributed by atoms with Gasteiger partial charge in [-0.05, 0) is 57.7 Å². The number of aromatic nitrogens is 1. The summed E-state index contributed by atoms with van der Waals surface area (Å²) in [7, 11) is 2.19. The van der Waals surface area contributed by atoms with Crippen molar-refractivity contribution in [2.45, 2.75) is 52.1 Å². The van der Waals surface area contributed by atoms with E-state index < -0.39 is 0 Å². The maximum absolute atomic E-state index is 6.29. The van der Waals surface area contributed by atoms with Crippen LogP contribution in [0.3, 0.4) is 0 Å². The van der Waals surface area contributed by atoms with Crippen LogP contribution in [-0.4, -0.2) is 29.5 Å². The first-order valence-corrected chi connectivity index (χ1v) is 8.07. The van der Waals surface area contributed by atoms with Crippen molar-refractivity contribution in [3.63, 3.8) is 0 Å². The molecule has 0 saturated heterocycles. The predicted molar refractivity (Wildman–Crippen MR) is 86.3 cm³/mol. The van der Waals surface area contributed by atoms with E-state index in [0.717, 1.165) is 35.5 Å². The Kier molecular flexibility index (Phi) is 5.67. The first-order chi connectivity index (χ1) is 9.60. The topological polar surface area (TPSA) is 28.2 Å². The van der Waals surface area contributed by atoms with Crippen LogP contribution in [0, 0.1) is 5.92 Å². The molecule has 4 heteroatoms. The van der Waals surface area contributed by atoms with Gasteiger partial charge in [-0.1, -0.05) is 18.5 Å². The second-order valence-electron chi connectivity index (χ2n) is 5.98. The van der Waals surface area contributed by atoms with Gasteiger partial charge >= 0.3 is 0 Å². The van der Waals surface area contributed by atoms with Crippen LogP contribution in [0.2, 0.25) is 5.02 Å². The average molecular weight is 296 g/mol. The number of anilines is 1. The minimum Gasteiger partial charge on any atom is -0.370 e. The highest BCUT2D eigenvalue weighted by Crippen LogP contribution is 2.28. The van der Waals surface area contributed by atoms with Gasteiger partial charge in [-0.15, -0.1) is 0 Å². The number of nitrogens with one attached hydrogen (secondary N) is 1. The maximum Gasteiger partial charge on any atom is 0.126 e. The van der Waals surface area contributed by atoms with E-state index in [9.17, 15) is 0 Å². The fourth-order valence-electron chi connectivity index (χ4n) is 2.92. The van der Waals surface area contributed by atoms with E-state index in [1.165, 1.54) is 25.7 Å². The summed E-state index contributed by atoms with van der Waals surface area (Å²) in [6.07, 6.45) is 5.27. The van der Waals surface area contributed by atoms with E-state index in [-0.39, 0.29) is 0 Å². The zero-order valence-corrected chi connectivity index (χ0v) is 13.6. The van der Waals surface area contributed by atoms with Crippen LogP contribution in [0.25, 0.3) is 0 Å². The van der Waals surface area contributed by atoms with Crippen molar-refractivity contribution >= 4 is 17.4 Å². The van der Waals surface area contributed by atoms with Crippen molar-refractivity contribution in [2.24, 2.45) is 5.92 Å². The Morgan fingerprint density at radius 1 is 1.30 bits per heavy atom. The molecule has 0 unspecified atom stereocenters. The molecule has 1 fully saturated rings. The largest absolute Gasteiger partial charge is 0.370 e. The van der Waals surface area contributed by atoms with Crippen LogP contribution < -0.4 is 5.32 Å². The summed E-state index contributed by atoms with van der Waals surface area (Å²) in [5, 5.41) is 4.01. The van der Waals surface area contributed by atoms with Crippen LogP contribution in [-0.2, 0) is 6.54 Å². The Balaban J connectivity index is 1.99. The first kappa shape index (κ1) is 15.6. The molecule has 0 radical (unpaired) electrons. The number of hydrogen-bond acceptors (Lipinski definition) is 3. The third-order valence-electron chi connectivity index (χ3n) is 4.28. The van der Waals surface area contributed by atoms with E-state index in [0.29, 0.717) is 6.04 Å². The van der Waals surface area contributed by atoms with E-state index >= 15 is 0 Å². The molecular weight excluding hydrogens is 270 g/mol. The first-order valence-electron chi connectivity index (χ1n) is 7.69. The smallest absolute Gasteiger partial charge is 0.126 e. The Hall–Kier alpha value is -0.800. The molecule has 112 valence electrons. The molecule has 0 aliphatic heterocycles. The highest BCUT2D eigenvalue weighted by Gasteiger charge is 2.22. The normalized spacial score (nSPS) is 23.1. The number of nitrogens with zero attached hydrogens (tertiary/aromatic N) is 2. The summed E-state index contributed by atoms with van der Waals surface area (Å²) in [6.45, 7) is 6.14. The highest BCUT2D eigenvalue weighted by atomic mass is 35.5. The van der Waals surface area contributed by atoms with Gasteiger partial charge in [0.15, 0.2) is 0 Å². The molecule has 1 aliphatic carbocycles. The van der Waals surface area contributed by atoms with Crippen molar-refractivity contribution in [2.75, 3.05) is 18.9 Å². The van der Waals surface area contributed by atoms with Gasteiger partial charge in [-0.2, -0.15) is 0 Å². The van der Waals surface area contributed by atoms with Crippen molar-refractivity contribution in [1.82, 2.24) is 9.88 Å². The highest BCUT2D eigenvalue weighted by molar-refractivity contribution is 6.31. The molecule has 1 N–H and O–H groups in total. The summed E-state index contributed by atoms with van der Waals surface area (Å²) in [5.41, 5.74) is 0.978. The molecule has 1 aromatic heterocycles. The molecule has 1 heterocycles. The second-order valence-corrected chi connectivity index (χ2v) is 6.39. The zero-order chi connectivity index (χ0) is 14.5. The van der Waals surface area contributed by atoms with Gasteiger partial charge in [0.2, 0.25) is 0 Å². The van der Waals surface area contributed by atoms with Gasteiger partial charge in [-0.25, -0.2) is 4.98 Å². The summed E-state index contributed by atoms with van der Waals surface area (Å²) in [5.74, 6) is 1.80. The molecule has 3 nitrogen and oxygen atoms in total. The summed E-state index contributed by atoms with van der Waals surface area (Å²) in [4.78, 5) is 7.04. The molecule has 20 heavy (non-hydrogen) atoms. The minimum atomic E-state index is 0.673. The van der Waals surface area contributed by atoms with Crippen molar-refractivity contribution < 1.29 is 0 Å². The third kappa shape index (κ3) is 4.10. The fraction of sp³-hybridized carbons (Fsp3) is 0.688. The van der Waals surface area contributed by atoms with Crippen LogP contribution in [0.15, 0.2) is 12.1 Å². The van der Waals surface area contributed by atoms with E-state index in [4.69, 9.17) is 11.6 Å². The lowest BCUT2D eigenvalue weighted by Crippen LogP contribution is -2.34. The Morgan fingerprint density at radius 2 is 2.00 bits per heavy atom. The summed E-state index contributed by atoms with van der Waals surface area (Å²) in [6, 6.07) is 4.56. The zero-order valence-electron chi connectivity index (χ0n) is 12.8. The number of halogens is 1. The van der Waals surface area contributed by atoms with E-state index in [2.05, 4.69) is 36.1 Å². The standard InChI is InChI=1S/C16H26ClN3/c1-4-18-16-10-9-14(17)15(19-16)11-20(3)13-7-5-12(2)6-8-13/h9-10,12-13H,4-8,11H2,1-3H3,(H,18,19).